The third-order valence-corrected chi connectivity index (χ3v) is 4.13. The second-order valence-electron chi connectivity index (χ2n) is 6.94. The van der Waals surface area contributed by atoms with E-state index in [4.69, 9.17) is 10.5 Å². The molecule has 0 atom stereocenters. The van der Waals surface area contributed by atoms with Gasteiger partial charge in [0.05, 0.1) is 24.5 Å². The number of amidine groups is 1. The summed E-state index contributed by atoms with van der Waals surface area (Å²) in [5.41, 5.74) is 9.03. The van der Waals surface area contributed by atoms with Crippen LogP contribution in [0.25, 0.3) is 12.2 Å². The number of nitrogens with zero attached hydrogens (tertiary/aromatic N) is 3. The Morgan fingerprint density at radius 2 is 1.90 bits per heavy atom. The zero-order valence-corrected chi connectivity index (χ0v) is 17.6. The summed E-state index contributed by atoms with van der Waals surface area (Å²) in [5.74, 6) is 0.880. The number of hydrogen-bond acceptors (Lipinski definition) is 6. The molecule has 0 fully saturated rings. The van der Waals surface area contributed by atoms with Crippen LogP contribution in [0, 0.1) is 0 Å². The van der Waals surface area contributed by atoms with E-state index in [1.807, 2.05) is 62.4 Å². The van der Waals surface area contributed by atoms with Crippen molar-refractivity contribution in [1.82, 2.24) is 9.97 Å². The molecule has 0 amide bonds. The molecular weight excluding hydrogens is 392 g/mol. The van der Waals surface area contributed by atoms with E-state index in [1.165, 1.54) is 13.3 Å². The Hall–Kier alpha value is -4.00. The lowest BCUT2D eigenvalue weighted by molar-refractivity contribution is 0.0600. The van der Waals surface area contributed by atoms with Gasteiger partial charge >= 0.3 is 5.97 Å². The van der Waals surface area contributed by atoms with Crippen LogP contribution in [0.15, 0.2) is 65.9 Å². The van der Waals surface area contributed by atoms with Crippen LogP contribution in [0.2, 0.25) is 0 Å². The molecule has 7 nitrogen and oxygen atoms in total. The second kappa shape index (κ2) is 10.2. The number of ether oxygens (including phenoxy) is 2. The van der Waals surface area contributed by atoms with Crippen molar-refractivity contribution in [2.45, 2.75) is 20.0 Å². The summed E-state index contributed by atoms with van der Waals surface area (Å²) in [6, 6.07) is 14.6. The first kappa shape index (κ1) is 21.7. The molecule has 0 radical (unpaired) electrons. The third-order valence-electron chi connectivity index (χ3n) is 4.13. The molecule has 0 saturated heterocycles. The van der Waals surface area contributed by atoms with Gasteiger partial charge in [0.1, 0.15) is 11.6 Å². The van der Waals surface area contributed by atoms with Crippen LogP contribution in [0.3, 0.4) is 0 Å². The number of carbonyl (C=O) groups is 1. The number of esters is 1. The van der Waals surface area contributed by atoms with Gasteiger partial charge in [-0.25, -0.2) is 14.8 Å². The summed E-state index contributed by atoms with van der Waals surface area (Å²) >= 11 is 0. The maximum Gasteiger partial charge on any atom is 0.339 e. The van der Waals surface area contributed by atoms with Crippen LogP contribution in [-0.2, 0) is 4.74 Å². The minimum Gasteiger partial charge on any atom is -0.491 e. The summed E-state index contributed by atoms with van der Waals surface area (Å²) in [7, 11) is 1.32. The lowest BCUT2D eigenvalue weighted by Gasteiger charge is -2.12. The number of hydrogen-bond donors (Lipinski definition) is 1. The smallest absolute Gasteiger partial charge is 0.339 e. The zero-order valence-electron chi connectivity index (χ0n) is 17.6. The predicted octanol–water partition coefficient (Wildman–Crippen LogP) is 4.26. The molecule has 0 spiro atoms. The highest BCUT2D eigenvalue weighted by molar-refractivity contribution is 6.00. The van der Waals surface area contributed by atoms with Crippen molar-refractivity contribution in [3.05, 3.63) is 83.3 Å². The van der Waals surface area contributed by atoms with Gasteiger partial charge in [0, 0.05) is 18.0 Å². The first-order valence-corrected chi connectivity index (χ1v) is 9.74. The van der Waals surface area contributed by atoms with Gasteiger partial charge in [0.25, 0.3) is 0 Å². The second-order valence-corrected chi connectivity index (χ2v) is 6.94. The topological polar surface area (TPSA) is 99.7 Å². The molecule has 0 aliphatic carbocycles. The maximum absolute atomic E-state index is 11.5. The Morgan fingerprint density at radius 1 is 1.06 bits per heavy atom. The minimum atomic E-state index is -0.459. The number of nitrogens with two attached hydrogens (primary N) is 1. The van der Waals surface area contributed by atoms with E-state index < -0.39 is 5.97 Å². The van der Waals surface area contributed by atoms with Crippen LogP contribution in [-0.4, -0.2) is 35.0 Å². The van der Waals surface area contributed by atoms with Crippen molar-refractivity contribution in [2.75, 3.05) is 7.11 Å². The first-order chi connectivity index (χ1) is 14.9. The molecule has 2 N–H and O–H groups in total. The van der Waals surface area contributed by atoms with E-state index in [-0.39, 0.29) is 11.9 Å². The lowest BCUT2D eigenvalue weighted by atomic mass is 10.1. The molecule has 2 heterocycles. The van der Waals surface area contributed by atoms with E-state index in [1.54, 1.807) is 18.3 Å². The number of carbonyl (C=O) groups excluding carboxylic acids is 1. The predicted molar refractivity (Wildman–Crippen MR) is 121 cm³/mol. The first-order valence-electron chi connectivity index (χ1n) is 9.74. The Balaban J connectivity index is 1.91. The molecule has 0 aliphatic heterocycles. The van der Waals surface area contributed by atoms with Crippen LogP contribution in [0.5, 0.6) is 5.75 Å². The van der Waals surface area contributed by atoms with Crippen LogP contribution in [0.4, 0.5) is 5.82 Å². The van der Waals surface area contributed by atoms with Gasteiger partial charge in [-0.15, -0.1) is 0 Å². The highest BCUT2D eigenvalue weighted by Crippen LogP contribution is 2.21. The molecule has 7 heteroatoms. The summed E-state index contributed by atoms with van der Waals surface area (Å²) < 4.78 is 10.6. The molecule has 3 rings (SSSR count). The van der Waals surface area contributed by atoms with Crippen molar-refractivity contribution in [3.8, 4) is 5.75 Å². The van der Waals surface area contributed by atoms with Gasteiger partial charge in [-0.2, -0.15) is 0 Å². The molecule has 1 aromatic carbocycles. The molecule has 31 heavy (non-hydrogen) atoms. The minimum absolute atomic E-state index is 0.00793. The zero-order chi connectivity index (χ0) is 22.2. The van der Waals surface area contributed by atoms with Crippen molar-refractivity contribution in [2.24, 2.45) is 10.7 Å². The highest BCUT2D eigenvalue weighted by Gasteiger charge is 2.08. The Morgan fingerprint density at radius 3 is 2.55 bits per heavy atom. The fraction of sp³-hybridized carbons (Fsp3) is 0.167. The fourth-order valence-electron chi connectivity index (χ4n) is 2.74. The number of aliphatic imine (C=N–C) groups is 1. The largest absolute Gasteiger partial charge is 0.491 e. The SMILES string of the molecule is COC(=O)c1ccc(N=C(N)c2cc(/C=C/c3ccccn3)cc(OC(C)C)c2)nc1. The normalized spacial score (nSPS) is 11.7. The number of aromatic nitrogens is 2. The van der Waals surface area contributed by atoms with E-state index in [9.17, 15) is 4.79 Å². The average Bonchev–Trinajstić information content (AvgIpc) is 2.77. The van der Waals surface area contributed by atoms with E-state index in [2.05, 4.69) is 19.7 Å². The summed E-state index contributed by atoms with van der Waals surface area (Å²) in [4.78, 5) is 24.4. The van der Waals surface area contributed by atoms with E-state index >= 15 is 0 Å². The van der Waals surface area contributed by atoms with Crippen molar-refractivity contribution in [3.63, 3.8) is 0 Å². The van der Waals surface area contributed by atoms with Crippen molar-refractivity contribution >= 4 is 29.8 Å². The van der Waals surface area contributed by atoms with Crippen molar-refractivity contribution in [1.29, 1.82) is 0 Å². The monoisotopic (exact) mass is 416 g/mol. The Labute approximate surface area is 181 Å². The molecule has 0 saturated carbocycles. The Bertz CT molecular complexity index is 1090. The summed E-state index contributed by atoms with van der Waals surface area (Å²) in [5, 5.41) is 0. The number of rotatable bonds is 7. The van der Waals surface area contributed by atoms with Crippen LogP contribution in [0.1, 0.15) is 41.0 Å². The summed E-state index contributed by atoms with van der Waals surface area (Å²) in [6.07, 6.45) is 7.01. The Kier molecular flexibility index (Phi) is 7.11. The number of benzene rings is 1. The van der Waals surface area contributed by atoms with Crippen LogP contribution < -0.4 is 10.5 Å². The molecular formula is C24H24N4O3. The van der Waals surface area contributed by atoms with Gasteiger partial charge in [-0.05, 0) is 68.0 Å². The van der Waals surface area contributed by atoms with Gasteiger partial charge in [0.15, 0.2) is 5.82 Å². The van der Waals surface area contributed by atoms with Gasteiger partial charge in [-0.1, -0.05) is 12.1 Å². The number of pyridine rings is 2. The molecule has 158 valence electrons. The van der Waals surface area contributed by atoms with E-state index in [0.717, 1.165) is 11.3 Å². The molecule has 3 aromatic rings. The number of methoxy groups -OCH3 is 1. The fourth-order valence-corrected chi connectivity index (χ4v) is 2.74. The molecule has 0 aliphatic rings. The summed E-state index contributed by atoms with van der Waals surface area (Å²) in [6.45, 7) is 3.92. The molecule has 0 unspecified atom stereocenters. The molecule has 0 bridgehead atoms. The van der Waals surface area contributed by atoms with Gasteiger partial charge in [0.2, 0.25) is 0 Å². The highest BCUT2D eigenvalue weighted by atomic mass is 16.5. The van der Waals surface area contributed by atoms with E-state index in [0.29, 0.717) is 22.7 Å². The van der Waals surface area contributed by atoms with Gasteiger partial charge in [-0.3, -0.25) is 4.98 Å². The van der Waals surface area contributed by atoms with Gasteiger partial charge < -0.3 is 15.2 Å². The standard InChI is InChI=1S/C24H24N4O3/c1-16(2)31-21-13-17(7-9-20-6-4-5-11-26-20)12-19(14-21)23(25)28-22-10-8-18(15-27-22)24(29)30-3/h4-16H,1-3H3,(H2,25,27,28)/b9-7+. The van der Waals surface area contributed by atoms with Crippen molar-refractivity contribution < 1.29 is 14.3 Å². The lowest BCUT2D eigenvalue weighted by Crippen LogP contribution is -2.14. The third kappa shape index (κ3) is 6.24. The quantitative estimate of drug-likeness (QED) is 0.351. The molecule has 2 aromatic heterocycles. The average molecular weight is 416 g/mol. The maximum atomic E-state index is 11.5. The van der Waals surface area contributed by atoms with Crippen LogP contribution >= 0.6 is 0 Å².